The molecule has 4 aromatic rings. The maximum atomic E-state index is 11.6. The van der Waals surface area contributed by atoms with Crippen molar-refractivity contribution >= 4 is 16.6 Å². The lowest BCUT2D eigenvalue weighted by atomic mass is 10.0. The van der Waals surface area contributed by atoms with Crippen LogP contribution in [0.15, 0.2) is 43.1 Å². The molecular formula is C16H13N7O2. The van der Waals surface area contributed by atoms with Crippen molar-refractivity contribution in [3.05, 3.63) is 53.2 Å². The lowest BCUT2D eigenvalue weighted by Gasteiger charge is -2.06. The maximum Gasteiger partial charge on any atom is 0.279 e. The van der Waals surface area contributed by atoms with Crippen molar-refractivity contribution in [1.82, 2.24) is 29.5 Å². The van der Waals surface area contributed by atoms with E-state index in [1.807, 2.05) is 0 Å². The number of hydrogen-bond donors (Lipinski definition) is 0. The van der Waals surface area contributed by atoms with Gasteiger partial charge < -0.3 is 0 Å². The predicted octanol–water partition coefficient (Wildman–Crippen LogP) is 2.34. The molecule has 0 radical (unpaired) electrons. The second-order valence-corrected chi connectivity index (χ2v) is 5.64. The van der Waals surface area contributed by atoms with Gasteiger partial charge in [-0.2, -0.15) is 10.2 Å². The molecule has 0 atom stereocenters. The van der Waals surface area contributed by atoms with Crippen molar-refractivity contribution in [2.45, 2.75) is 0 Å². The minimum absolute atomic E-state index is 0.0360. The number of aromatic nitrogens is 6. The summed E-state index contributed by atoms with van der Waals surface area (Å²) in [6, 6.07) is 4.91. The first-order valence-electron chi connectivity index (χ1n) is 7.45. The van der Waals surface area contributed by atoms with Crippen LogP contribution in [-0.2, 0) is 14.1 Å². The standard InChI is InChI=1S/C16H13N7O2/c1-21-4-3-13(20-21)11-5-14-12(6-15(11)23(24)25)16(18-9-17-14)10-7-19-22(2)8-10/h3-9H,1-2H3. The number of nitrogens with zero attached hydrogens (tertiary/aromatic N) is 7. The van der Waals surface area contributed by atoms with Gasteiger partial charge in [-0.1, -0.05) is 0 Å². The molecule has 0 amide bonds. The third-order valence-electron chi connectivity index (χ3n) is 3.92. The lowest BCUT2D eigenvalue weighted by Crippen LogP contribution is -1.96. The summed E-state index contributed by atoms with van der Waals surface area (Å²) in [4.78, 5) is 19.8. The van der Waals surface area contributed by atoms with Crippen molar-refractivity contribution in [2.75, 3.05) is 0 Å². The van der Waals surface area contributed by atoms with Crippen LogP contribution in [0.4, 0.5) is 5.69 Å². The van der Waals surface area contributed by atoms with Crippen LogP contribution in [-0.4, -0.2) is 34.5 Å². The van der Waals surface area contributed by atoms with Gasteiger partial charge in [0.2, 0.25) is 0 Å². The minimum Gasteiger partial charge on any atom is -0.275 e. The van der Waals surface area contributed by atoms with E-state index >= 15 is 0 Å². The highest BCUT2D eigenvalue weighted by Crippen LogP contribution is 2.35. The molecule has 0 N–H and O–H groups in total. The summed E-state index contributed by atoms with van der Waals surface area (Å²) in [5.74, 6) is 0. The number of rotatable bonds is 3. The molecule has 0 unspecified atom stereocenters. The molecule has 3 heterocycles. The van der Waals surface area contributed by atoms with Gasteiger partial charge in [-0.25, -0.2) is 9.97 Å². The largest absolute Gasteiger partial charge is 0.279 e. The van der Waals surface area contributed by atoms with Crippen LogP contribution in [0.2, 0.25) is 0 Å². The second kappa shape index (κ2) is 5.48. The molecule has 9 nitrogen and oxygen atoms in total. The SMILES string of the molecule is Cn1cc(-c2ncnc3cc(-c4ccn(C)n4)c([N+](=O)[O-])cc23)cn1. The summed E-state index contributed by atoms with van der Waals surface area (Å²) in [7, 11) is 3.56. The van der Waals surface area contributed by atoms with Crippen molar-refractivity contribution < 1.29 is 4.92 Å². The highest BCUT2D eigenvalue weighted by Gasteiger charge is 2.21. The molecular weight excluding hydrogens is 322 g/mol. The Morgan fingerprint density at radius 1 is 1.16 bits per heavy atom. The van der Waals surface area contributed by atoms with Crippen LogP contribution in [0.25, 0.3) is 33.4 Å². The second-order valence-electron chi connectivity index (χ2n) is 5.64. The Morgan fingerprint density at radius 3 is 2.64 bits per heavy atom. The van der Waals surface area contributed by atoms with Gasteiger partial charge in [0.05, 0.1) is 33.6 Å². The van der Waals surface area contributed by atoms with E-state index in [-0.39, 0.29) is 5.69 Å². The molecule has 124 valence electrons. The average Bonchev–Trinajstić information content (AvgIpc) is 3.21. The highest BCUT2D eigenvalue weighted by atomic mass is 16.6. The van der Waals surface area contributed by atoms with Gasteiger partial charge in [0.1, 0.15) is 6.33 Å². The van der Waals surface area contributed by atoms with Crippen molar-refractivity contribution in [3.8, 4) is 22.5 Å². The first-order valence-corrected chi connectivity index (χ1v) is 7.45. The van der Waals surface area contributed by atoms with Gasteiger partial charge >= 0.3 is 0 Å². The molecule has 25 heavy (non-hydrogen) atoms. The van der Waals surface area contributed by atoms with Crippen molar-refractivity contribution in [3.63, 3.8) is 0 Å². The zero-order valence-electron chi connectivity index (χ0n) is 13.5. The van der Waals surface area contributed by atoms with Crippen LogP contribution >= 0.6 is 0 Å². The van der Waals surface area contributed by atoms with Gasteiger partial charge in [0.15, 0.2) is 0 Å². The van der Waals surface area contributed by atoms with E-state index in [2.05, 4.69) is 20.2 Å². The van der Waals surface area contributed by atoms with Gasteiger partial charge in [-0.05, 0) is 12.1 Å². The number of aryl methyl sites for hydroxylation is 2. The topological polar surface area (TPSA) is 105 Å². The minimum atomic E-state index is -0.413. The number of benzene rings is 1. The van der Waals surface area contributed by atoms with E-state index < -0.39 is 4.92 Å². The first kappa shape index (κ1) is 14.9. The number of fused-ring (bicyclic) bond motifs is 1. The number of nitro benzene ring substituents is 1. The number of nitro groups is 1. The summed E-state index contributed by atoms with van der Waals surface area (Å²) in [6.07, 6.45) is 6.66. The third-order valence-corrected chi connectivity index (χ3v) is 3.92. The molecule has 4 rings (SSSR count). The monoisotopic (exact) mass is 335 g/mol. The van der Waals surface area contributed by atoms with E-state index in [1.165, 1.54) is 12.4 Å². The fraction of sp³-hybridized carbons (Fsp3) is 0.125. The molecule has 0 aliphatic carbocycles. The Bertz CT molecular complexity index is 1110. The highest BCUT2D eigenvalue weighted by molar-refractivity contribution is 5.97. The Balaban J connectivity index is 2.01. The Labute approximate surface area is 141 Å². The molecule has 0 fully saturated rings. The Kier molecular flexibility index (Phi) is 3.27. The summed E-state index contributed by atoms with van der Waals surface area (Å²) in [6.45, 7) is 0. The quantitative estimate of drug-likeness (QED) is 0.420. The maximum absolute atomic E-state index is 11.6. The third kappa shape index (κ3) is 2.51. The first-order chi connectivity index (χ1) is 12.0. The fourth-order valence-corrected chi connectivity index (χ4v) is 2.78. The lowest BCUT2D eigenvalue weighted by molar-refractivity contribution is -0.384. The number of hydrogen-bond acceptors (Lipinski definition) is 6. The summed E-state index contributed by atoms with van der Waals surface area (Å²) >= 11 is 0. The van der Waals surface area contributed by atoms with E-state index in [1.54, 1.807) is 54.2 Å². The van der Waals surface area contributed by atoms with E-state index in [9.17, 15) is 10.1 Å². The zero-order valence-corrected chi connectivity index (χ0v) is 13.5. The molecule has 1 aromatic carbocycles. The van der Waals surface area contributed by atoms with Gasteiger partial charge in [0.25, 0.3) is 5.69 Å². The molecule has 3 aromatic heterocycles. The molecule has 0 aliphatic rings. The van der Waals surface area contributed by atoms with Gasteiger partial charge in [-0.15, -0.1) is 0 Å². The van der Waals surface area contributed by atoms with Crippen LogP contribution in [0.1, 0.15) is 0 Å². The van der Waals surface area contributed by atoms with Crippen LogP contribution in [0, 0.1) is 10.1 Å². The van der Waals surface area contributed by atoms with Crippen LogP contribution < -0.4 is 0 Å². The van der Waals surface area contributed by atoms with Gasteiger partial charge in [0, 0.05) is 43.5 Å². The normalized spacial score (nSPS) is 11.1. The molecule has 0 bridgehead atoms. The molecule has 0 saturated carbocycles. The van der Waals surface area contributed by atoms with Crippen LogP contribution in [0.3, 0.4) is 0 Å². The van der Waals surface area contributed by atoms with Gasteiger partial charge in [-0.3, -0.25) is 19.5 Å². The van der Waals surface area contributed by atoms with E-state index in [0.717, 1.165) is 5.56 Å². The molecule has 9 heteroatoms. The Morgan fingerprint density at radius 2 is 2.00 bits per heavy atom. The predicted molar refractivity (Wildman–Crippen MR) is 90.6 cm³/mol. The molecule has 0 saturated heterocycles. The zero-order chi connectivity index (χ0) is 17.6. The molecule has 0 aliphatic heterocycles. The summed E-state index contributed by atoms with van der Waals surface area (Å²) < 4.78 is 3.25. The summed E-state index contributed by atoms with van der Waals surface area (Å²) in [5, 5.41) is 20.6. The van der Waals surface area contributed by atoms with E-state index in [0.29, 0.717) is 27.9 Å². The smallest absolute Gasteiger partial charge is 0.275 e. The Hall–Kier alpha value is -3.62. The molecule has 0 spiro atoms. The summed E-state index contributed by atoms with van der Waals surface area (Å²) in [5.41, 5.74) is 2.90. The van der Waals surface area contributed by atoms with Crippen LogP contribution in [0.5, 0.6) is 0 Å². The van der Waals surface area contributed by atoms with E-state index in [4.69, 9.17) is 0 Å². The van der Waals surface area contributed by atoms with Crippen molar-refractivity contribution in [1.29, 1.82) is 0 Å². The van der Waals surface area contributed by atoms with Crippen molar-refractivity contribution in [2.24, 2.45) is 14.1 Å². The fourth-order valence-electron chi connectivity index (χ4n) is 2.78. The average molecular weight is 335 g/mol.